The van der Waals surface area contributed by atoms with Crippen molar-refractivity contribution >= 4 is 17.3 Å². The van der Waals surface area contributed by atoms with E-state index in [1.54, 1.807) is 17.5 Å². The number of rotatable bonds is 6. The normalized spacial score (nSPS) is 13.0. The third kappa shape index (κ3) is 5.19. The molecule has 0 saturated heterocycles. The lowest BCUT2D eigenvalue weighted by molar-refractivity contribution is 0.701. The van der Waals surface area contributed by atoms with Crippen LogP contribution in [0.3, 0.4) is 0 Å². The van der Waals surface area contributed by atoms with E-state index < -0.39 is 0 Å². The molecule has 0 aliphatic carbocycles. The van der Waals surface area contributed by atoms with Gasteiger partial charge in [0.2, 0.25) is 0 Å². The van der Waals surface area contributed by atoms with Crippen LogP contribution in [0.15, 0.2) is 46.2 Å². The van der Waals surface area contributed by atoms with Gasteiger partial charge in [0.15, 0.2) is 5.96 Å². The van der Waals surface area contributed by atoms with E-state index in [-0.39, 0.29) is 0 Å². The summed E-state index contributed by atoms with van der Waals surface area (Å²) in [5.74, 6) is 1.31. The number of nitrogens with zero attached hydrogens (tertiary/aromatic N) is 2. The second-order valence-electron chi connectivity index (χ2n) is 4.85. The maximum Gasteiger partial charge on any atom is 0.191 e. The third-order valence-electron chi connectivity index (χ3n) is 3.16. The summed E-state index contributed by atoms with van der Waals surface area (Å²) in [5.41, 5.74) is 2.34. The maximum absolute atomic E-state index is 4.57. The molecule has 0 aromatic carbocycles. The van der Waals surface area contributed by atoms with Gasteiger partial charge in [-0.3, -0.25) is 4.98 Å². The zero-order chi connectivity index (χ0) is 14.9. The average Bonchev–Trinajstić information content (AvgIpc) is 3.05. The second-order valence-corrected chi connectivity index (χ2v) is 5.63. The van der Waals surface area contributed by atoms with Crippen molar-refractivity contribution in [3.05, 3.63) is 52.5 Å². The molecule has 1 unspecified atom stereocenters. The summed E-state index contributed by atoms with van der Waals surface area (Å²) < 4.78 is 0. The molecule has 2 heterocycles. The van der Waals surface area contributed by atoms with Crippen LogP contribution in [0.2, 0.25) is 0 Å². The van der Waals surface area contributed by atoms with Crippen LogP contribution in [-0.2, 0) is 6.54 Å². The highest BCUT2D eigenvalue weighted by Crippen LogP contribution is 2.16. The number of aliphatic imine (C=N–C) groups is 1. The molecule has 2 aromatic heterocycles. The Morgan fingerprint density at radius 2 is 2.24 bits per heavy atom. The van der Waals surface area contributed by atoms with Gasteiger partial charge in [-0.05, 0) is 47.4 Å². The van der Waals surface area contributed by atoms with Gasteiger partial charge in [-0.25, -0.2) is 4.99 Å². The van der Waals surface area contributed by atoms with Crippen molar-refractivity contribution < 1.29 is 0 Å². The summed E-state index contributed by atoms with van der Waals surface area (Å²) in [6, 6.07) is 8.06. The molecule has 2 rings (SSSR count). The summed E-state index contributed by atoms with van der Waals surface area (Å²) in [5, 5.41) is 11.0. The first-order valence-electron chi connectivity index (χ1n) is 7.23. The van der Waals surface area contributed by atoms with Crippen LogP contribution >= 0.6 is 11.3 Å². The molecule has 0 bridgehead atoms. The Morgan fingerprint density at radius 3 is 2.90 bits per heavy atom. The highest BCUT2D eigenvalue weighted by Gasteiger charge is 2.06. The first-order chi connectivity index (χ1) is 10.3. The molecule has 1 atom stereocenters. The van der Waals surface area contributed by atoms with Crippen LogP contribution < -0.4 is 10.6 Å². The monoisotopic (exact) mass is 302 g/mol. The molecule has 0 aliphatic heterocycles. The maximum atomic E-state index is 4.57. The van der Waals surface area contributed by atoms with E-state index in [1.165, 1.54) is 5.56 Å². The standard InChI is InChI=1S/C16H22N4S/c1-3-17-16(20-11-15-6-4-5-8-18-15)19-10-13(2)14-7-9-21-12-14/h4-9,12-13H,3,10-11H2,1-2H3,(H2,17,19,20). The summed E-state index contributed by atoms with van der Waals surface area (Å²) in [6.45, 7) is 6.59. The van der Waals surface area contributed by atoms with E-state index in [0.717, 1.165) is 24.7 Å². The van der Waals surface area contributed by atoms with Gasteiger partial charge in [0.1, 0.15) is 0 Å². The molecular weight excluding hydrogens is 280 g/mol. The smallest absolute Gasteiger partial charge is 0.191 e. The van der Waals surface area contributed by atoms with Gasteiger partial charge in [-0.15, -0.1) is 0 Å². The summed E-state index contributed by atoms with van der Waals surface area (Å²) in [6.07, 6.45) is 1.80. The Hall–Kier alpha value is -1.88. The minimum absolute atomic E-state index is 0.468. The Labute approximate surface area is 130 Å². The van der Waals surface area contributed by atoms with Gasteiger partial charge < -0.3 is 10.6 Å². The number of hydrogen-bond donors (Lipinski definition) is 2. The van der Waals surface area contributed by atoms with Crippen molar-refractivity contribution in [3.8, 4) is 0 Å². The molecule has 21 heavy (non-hydrogen) atoms. The molecule has 0 aliphatic rings. The minimum atomic E-state index is 0.468. The Balaban J connectivity index is 1.89. The van der Waals surface area contributed by atoms with Crippen LogP contribution in [0.5, 0.6) is 0 Å². The van der Waals surface area contributed by atoms with E-state index in [1.807, 2.05) is 18.2 Å². The number of nitrogens with one attached hydrogen (secondary N) is 2. The van der Waals surface area contributed by atoms with Gasteiger partial charge in [0, 0.05) is 19.3 Å². The Kier molecular flexibility index (Phi) is 6.22. The first-order valence-corrected chi connectivity index (χ1v) is 8.18. The largest absolute Gasteiger partial charge is 0.357 e. The molecule has 0 radical (unpaired) electrons. The Morgan fingerprint density at radius 1 is 1.33 bits per heavy atom. The lowest BCUT2D eigenvalue weighted by Gasteiger charge is -2.15. The molecule has 4 nitrogen and oxygen atoms in total. The molecule has 0 saturated carbocycles. The van der Waals surface area contributed by atoms with Gasteiger partial charge >= 0.3 is 0 Å². The zero-order valence-electron chi connectivity index (χ0n) is 12.5. The van der Waals surface area contributed by atoms with Crippen molar-refractivity contribution in [2.45, 2.75) is 26.3 Å². The van der Waals surface area contributed by atoms with Gasteiger partial charge in [-0.2, -0.15) is 11.3 Å². The molecular formula is C16H22N4S. The molecule has 5 heteroatoms. The zero-order valence-corrected chi connectivity index (χ0v) is 13.4. The predicted octanol–water partition coefficient (Wildman–Crippen LogP) is 3.00. The van der Waals surface area contributed by atoms with E-state index in [9.17, 15) is 0 Å². The van der Waals surface area contributed by atoms with Crippen LogP contribution in [0.25, 0.3) is 0 Å². The molecule has 2 aromatic rings. The summed E-state index contributed by atoms with van der Waals surface area (Å²) >= 11 is 1.74. The number of pyridine rings is 1. The summed E-state index contributed by atoms with van der Waals surface area (Å²) in [4.78, 5) is 8.86. The first kappa shape index (κ1) is 15.5. The highest BCUT2D eigenvalue weighted by atomic mass is 32.1. The van der Waals surface area contributed by atoms with E-state index >= 15 is 0 Å². The number of thiophene rings is 1. The predicted molar refractivity (Wildman–Crippen MR) is 89.8 cm³/mol. The quantitative estimate of drug-likeness (QED) is 0.637. The number of aromatic nitrogens is 1. The SMILES string of the molecule is CCNC(=NCc1ccccn1)NCC(C)c1ccsc1. The Bertz CT molecular complexity index is 537. The number of hydrogen-bond acceptors (Lipinski definition) is 3. The van der Waals surface area contributed by atoms with Gasteiger partial charge in [-0.1, -0.05) is 13.0 Å². The second kappa shape index (κ2) is 8.42. The van der Waals surface area contributed by atoms with Crippen molar-refractivity contribution in [3.63, 3.8) is 0 Å². The molecule has 0 fully saturated rings. The van der Waals surface area contributed by atoms with Crippen LogP contribution in [0, 0.1) is 0 Å². The van der Waals surface area contributed by atoms with E-state index in [4.69, 9.17) is 0 Å². The minimum Gasteiger partial charge on any atom is -0.357 e. The van der Waals surface area contributed by atoms with Gasteiger partial charge in [0.25, 0.3) is 0 Å². The van der Waals surface area contributed by atoms with E-state index in [0.29, 0.717) is 12.5 Å². The fraction of sp³-hybridized carbons (Fsp3) is 0.375. The van der Waals surface area contributed by atoms with E-state index in [2.05, 4.69) is 51.3 Å². The lowest BCUT2D eigenvalue weighted by Crippen LogP contribution is -2.39. The fourth-order valence-electron chi connectivity index (χ4n) is 1.92. The average molecular weight is 302 g/mol. The van der Waals surface area contributed by atoms with Crippen LogP contribution in [0.1, 0.15) is 31.0 Å². The van der Waals surface area contributed by atoms with Crippen molar-refractivity contribution in [1.29, 1.82) is 0 Å². The molecule has 0 spiro atoms. The van der Waals surface area contributed by atoms with Crippen molar-refractivity contribution in [2.75, 3.05) is 13.1 Å². The van der Waals surface area contributed by atoms with Crippen LogP contribution in [-0.4, -0.2) is 24.0 Å². The number of guanidine groups is 1. The van der Waals surface area contributed by atoms with Gasteiger partial charge in [0.05, 0.1) is 12.2 Å². The molecule has 112 valence electrons. The van der Waals surface area contributed by atoms with Crippen molar-refractivity contribution in [2.24, 2.45) is 4.99 Å². The van der Waals surface area contributed by atoms with Crippen LogP contribution in [0.4, 0.5) is 0 Å². The summed E-state index contributed by atoms with van der Waals surface area (Å²) in [7, 11) is 0. The molecule has 0 amide bonds. The molecule has 2 N–H and O–H groups in total. The lowest BCUT2D eigenvalue weighted by atomic mass is 10.1. The fourth-order valence-corrected chi connectivity index (χ4v) is 2.70. The third-order valence-corrected chi connectivity index (χ3v) is 3.86. The topological polar surface area (TPSA) is 49.3 Å². The van der Waals surface area contributed by atoms with Crippen molar-refractivity contribution in [1.82, 2.24) is 15.6 Å². The highest BCUT2D eigenvalue weighted by molar-refractivity contribution is 7.07.